The molecule has 0 aromatic carbocycles. The largest absolute Gasteiger partial charge is 0.342 e. The van der Waals surface area contributed by atoms with Gasteiger partial charge in [0.15, 0.2) is 0 Å². The highest BCUT2D eigenvalue weighted by Crippen LogP contribution is 2.06. The molecule has 1 radical (unpaired) electrons. The summed E-state index contributed by atoms with van der Waals surface area (Å²) in [5.74, 6) is 11.5. The molecule has 0 N–H and O–H groups in total. The topological polar surface area (TPSA) is 0 Å². The Kier molecular flexibility index (Phi) is 20.4. The third kappa shape index (κ3) is 19.3. The van der Waals surface area contributed by atoms with Crippen LogP contribution in [0, 0.1) is 11.7 Å². The average Bonchev–Trinajstić information content (AvgIpc) is 2.63. The van der Waals surface area contributed by atoms with Crippen molar-refractivity contribution in [2.24, 2.45) is 0 Å². The fourth-order valence-corrected chi connectivity index (χ4v) is 2.85. The Bertz CT molecular complexity index is 347. The highest BCUT2D eigenvalue weighted by atomic mass is 13.9. The quantitative estimate of drug-likeness (QED) is 0.151. The van der Waals surface area contributed by atoms with Crippen LogP contribution < -0.4 is 0 Å². The van der Waals surface area contributed by atoms with Gasteiger partial charge in [-0.1, -0.05) is 78.6 Å². The van der Waals surface area contributed by atoms with E-state index < -0.39 is 0 Å². The molecule has 0 unspecified atom stereocenters. The molecule has 143 valence electrons. The third-order valence-electron chi connectivity index (χ3n) is 4.56. The second kappa shape index (κ2) is 21.1. The van der Waals surface area contributed by atoms with Gasteiger partial charge in [-0.2, -0.15) is 5.92 Å². The normalized spacial score (nSPS) is 11.5. The lowest BCUT2D eigenvalue weighted by molar-refractivity contribution is 0.674. The molecular weight excluding hydrogens is 299 g/mol. The van der Waals surface area contributed by atoms with Gasteiger partial charge in [0.05, 0.1) is 0 Å². The standard InChI is InChI=1S/C24H43B/c1-4-7-10-13-16-19-22-25(23-20-17-14-11-8-5-2)24-21-18-15-12-9-6-3/h19-20,22-23H,4-18H2,1-3H3/q-1/b22-19+,23-20+. The van der Waals surface area contributed by atoms with Crippen molar-refractivity contribution in [1.82, 2.24) is 0 Å². The maximum Gasteiger partial charge on any atom is 0.00495 e. The van der Waals surface area contributed by atoms with Crippen molar-refractivity contribution in [3.63, 3.8) is 0 Å². The number of allylic oxidation sites excluding steroid dienone is 2. The van der Waals surface area contributed by atoms with E-state index in [1.807, 2.05) is 0 Å². The van der Waals surface area contributed by atoms with E-state index in [-0.39, 0.29) is 0 Å². The van der Waals surface area contributed by atoms with Crippen LogP contribution in [-0.4, -0.2) is 6.71 Å². The molecule has 0 spiro atoms. The van der Waals surface area contributed by atoms with Crippen LogP contribution in [0.15, 0.2) is 24.1 Å². The fraction of sp³-hybridized carbons (Fsp3) is 0.750. The highest BCUT2D eigenvalue weighted by Gasteiger charge is 1.88. The van der Waals surface area contributed by atoms with Crippen LogP contribution in [0.4, 0.5) is 0 Å². The SMILES string of the molecule is CCCCCCC#C[B-](/C=C/CCCCCC)/C=C/CCCCCC. The van der Waals surface area contributed by atoms with Gasteiger partial charge in [-0.05, 0) is 38.8 Å². The molecule has 0 saturated heterocycles. The molecule has 0 atom stereocenters. The summed E-state index contributed by atoms with van der Waals surface area (Å²) in [4.78, 5) is 0. The smallest absolute Gasteiger partial charge is 0.00495 e. The molecular formula is C24H43B-. The van der Waals surface area contributed by atoms with Gasteiger partial charge in [-0.25, -0.2) is 0 Å². The Labute approximate surface area is 160 Å². The van der Waals surface area contributed by atoms with E-state index in [0.29, 0.717) is 6.71 Å². The van der Waals surface area contributed by atoms with E-state index >= 15 is 0 Å². The lowest BCUT2D eigenvalue weighted by Crippen LogP contribution is -2.02. The summed E-state index contributed by atoms with van der Waals surface area (Å²) in [6.07, 6.45) is 24.2. The first-order valence-electron chi connectivity index (χ1n) is 11.2. The molecule has 25 heavy (non-hydrogen) atoms. The van der Waals surface area contributed by atoms with Gasteiger partial charge in [-0.15, -0.1) is 12.2 Å². The van der Waals surface area contributed by atoms with Gasteiger partial charge in [0.1, 0.15) is 0 Å². The van der Waals surface area contributed by atoms with Gasteiger partial charge in [0.2, 0.25) is 0 Å². The van der Waals surface area contributed by atoms with Crippen molar-refractivity contribution in [2.75, 3.05) is 0 Å². The van der Waals surface area contributed by atoms with E-state index in [9.17, 15) is 0 Å². The van der Waals surface area contributed by atoms with Crippen molar-refractivity contribution in [3.05, 3.63) is 24.1 Å². The average molecular weight is 342 g/mol. The van der Waals surface area contributed by atoms with Gasteiger partial charge in [0, 0.05) is 6.42 Å². The van der Waals surface area contributed by atoms with Crippen LogP contribution in [-0.2, 0) is 0 Å². The number of unbranched alkanes of at least 4 members (excludes halogenated alkanes) is 12. The summed E-state index contributed by atoms with van der Waals surface area (Å²) in [6, 6.07) is 0. The molecule has 0 aliphatic rings. The summed E-state index contributed by atoms with van der Waals surface area (Å²) in [5, 5.41) is 0. The van der Waals surface area contributed by atoms with E-state index in [1.54, 1.807) is 0 Å². The highest BCUT2D eigenvalue weighted by molar-refractivity contribution is 6.77. The minimum absolute atomic E-state index is 0.323. The predicted octanol–water partition coefficient (Wildman–Crippen LogP) is 8.13. The molecule has 0 fully saturated rings. The Hall–Kier alpha value is -0.895. The zero-order valence-electron chi connectivity index (χ0n) is 17.5. The van der Waals surface area contributed by atoms with E-state index in [2.05, 4.69) is 56.6 Å². The minimum atomic E-state index is 0.323. The van der Waals surface area contributed by atoms with Gasteiger partial charge in [-0.3, -0.25) is 12.0 Å². The third-order valence-corrected chi connectivity index (χ3v) is 4.56. The van der Waals surface area contributed by atoms with Crippen molar-refractivity contribution in [3.8, 4) is 11.7 Å². The molecule has 0 heterocycles. The first kappa shape index (κ1) is 24.1. The Morgan fingerprint density at radius 2 is 1.08 bits per heavy atom. The Morgan fingerprint density at radius 1 is 0.600 bits per heavy atom. The Morgan fingerprint density at radius 3 is 1.56 bits per heavy atom. The van der Waals surface area contributed by atoms with Crippen molar-refractivity contribution in [2.45, 2.75) is 117 Å². The lowest BCUT2D eigenvalue weighted by Gasteiger charge is -2.10. The van der Waals surface area contributed by atoms with E-state index in [1.165, 1.54) is 89.9 Å². The molecule has 0 bridgehead atoms. The van der Waals surface area contributed by atoms with Crippen LogP contribution in [0.3, 0.4) is 0 Å². The zero-order valence-corrected chi connectivity index (χ0v) is 17.5. The van der Waals surface area contributed by atoms with E-state index in [4.69, 9.17) is 0 Å². The lowest BCUT2D eigenvalue weighted by atomic mass is 9.50. The second-order valence-electron chi connectivity index (χ2n) is 7.21. The molecule has 0 aromatic heterocycles. The van der Waals surface area contributed by atoms with Gasteiger partial charge >= 0.3 is 0 Å². The van der Waals surface area contributed by atoms with Crippen LogP contribution in [0.25, 0.3) is 0 Å². The molecule has 0 aliphatic carbocycles. The summed E-state index contributed by atoms with van der Waals surface area (Å²) < 4.78 is 0. The molecule has 0 aliphatic heterocycles. The first-order chi connectivity index (χ1) is 12.3. The van der Waals surface area contributed by atoms with Crippen molar-refractivity contribution < 1.29 is 0 Å². The fourth-order valence-electron chi connectivity index (χ4n) is 2.85. The molecule has 0 rings (SSSR count). The number of hydrogen-bond donors (Lipinski definition) is 0. The first-order valence-corrected chi connectivity index (χ1v) is 11.2. The number of rotatable bonds is 16. The minimum Gasteiger partial charge on any atom is -0.342 e. The van der Waals surface area contributed by atoms with Crippen LogP contribution in [0.2, 0.25) is 0 Å². The van der Waals surface area contributed by atoms with Crippen LogP contribution >= 0.6 is 0 Å². The molecule has 0 nitrogen and oxygen atoms in total. The molecule has 0 amide bonds. The second-order valence-corrected chi connectivity index (χ2v) is 7.21. The maximum absolute atomic E-state index is 3.48. The summed E-state index contributed by atoms with van der Waals surface area (Å²) in [6.45, 7) is 7.13. The predicted molar refractivity (Wildman–Crippen MR) is 118 cm³/mol. The van der Waals surface area contributed by atoms with Crippen molar-refractivity contribution >= 4 is 6.71 Å². The zero-order chi connectivity index (χ0) is 18.4. The Balaban J connectivity index is 4.22. The van der Waals surface area contributed by atoms with Gasteiger partial charge < -0.3 is 5.82 Å². The maximum atomic E-state index is 3.48. The summed E-state index contributed by atoms with van der Waals surface area (Å²) in [5.41, 5.74) is 0. The monoisotopic (exact) mass is 342 g/mol. The van der Waals surface area contributed by atoms with E-state index in [0.717, 1.165) is 6.42 Å². The summed E-state index contributed by atoms with van der Waals surface area (Å²) >= 11 is 0. The van der Waals surface area contributed by atoms with Gasteiger partial charge in [0.25, 0.3) is 0 Å². The molecule has 0 saturated carbocycles. The summed E-state index contributed by atoms with van der Waals surface area (Å²) in [7, 11) is 0. The molecule has 0 aromatic rings. The molecule has 1 heteroatoms. The number of hydrogen-bond acceptors (Lipinski definition) is 0. The van der Waals surface area contributed by atoms with Crippen LogP contribution in [0.5, 0.6) is 0 Å². The van der Waals surface area contributed by atoms with Crippen LogP contribution in [0.1, 0.15) is 117 Å². The van der Waals surface area contributed by atoms with Crippen molar-refractivity contribution in [1.29, 1.82) is 0 Å².